The molecule has 0 saturated carbocycles. The van der Waals surface area contributed by atoms with Crippen molar-refractivity contribution >= 4 is 10.8 Å². The van der Waals surface area contributed by atoms with Crippen LogP contribution in [0, 0.1) is 0 Å². The molecule has 118 valence electrons. The summed E-state index contributed by atoms with van der Waals surface area (Å²) in [5.41, 5.74) is 8.90. The average Bonchev–Trinajstić information content (AvgIpc) is 2.60. The summed E-state index contributed by atoms with van der Waals surface area (Å²) >= 11 is 0. The summed E-state index contributed by atoms with van der Waals surface area (Å²) in [6.45, 7) is 3.01. The first kappa shape index (κ1) is 15.7. The van der Waals surface area contributed by atoms with Gasteiger partial charge in [-0.05, 0) is 35.2 Å². The van der Waals surface area contributed by atoms with Gasteiger partial charge in [0, 0.05) is 18.6 Å². The van der Waals surface area contributed by atoms with Gasteiger partial charge in [0.2, 0.25) is 0 Å². The van der Waals surface area contributed by atoms with Crippen molar-refractivity contribution in [3.8, 4) is 0 Å². The smallest absolute Gasteiger partial charge is 0.0298 e. The van der Waals surface area contributed by atoms with Crippen molar-refractivity contribution in [2.24, 2.45) is 5.73 Å². The molecule has 0 aliphatic rings. The Labute approximate surface area is 138 Å². The molecule has 2 atom stereocenters. The van der Waals surface area contributed by atoms with Crippen LogP contribution in [0.5, 0.6) is 0 Å². The molecule has 23 heavy (non-hydrogen) atoms. The number of nitrogens with two attached hydrogens (primary N) is 1. The molecule has 0 aliphatic carbocycles. The second-order valence-corrected chi connectivity index (χ2v) is 6.15. The molecule has 0 aromatic heterocycles. The molecule has 3 rings (SSSR count). The van der Waals surface area contributed by atoms with E-state index in [0.29, 0.717) is 0 Å². The fourth-order valence-electron chi connectivity index (χ4n) is 3.06. The first-order valence-corrected chi connectivity index (χ1v) is 8.24. The van der Waals surface area contributed by atoms with Gasteiger partial charge >= 0.3 is 0 Å². The molecule has 0 heterocycles. The van der Waals surface area contributed by atoms with E-state index in [0.717, 1.165) is 13.0 Å². The highest BCUT2D eigenvalue weighted by Gasteiger charge is 2.11. The van der Waals surface area contributed by atoms with E-state index in [1.807, 2.05) is 6.07 Å². The first-order chi connectivity index (χ1) is 11.2. The molecule has 3 aromatic rings. The molecule has 0 amide bonds. The highest BCUT2D eigenvalue weighted by Crippen LogP contribution is 2.23. The Bertz CT molecular complexity index is 747. The van der Waals surface area contributed by atoms with E-state index in [1.54, 1.807) is 0 Å². The van der Waals surface area contributed by atoms with E-state index >= 15 is 0 Å². The molecule has 0 saturated heterocycles. The normalized spacial score (nSPS) is 13.8. The average molecular weight is 304 g/mol. The lowest BCUT2D eigenvalue weighted by Crippen LogP contribution is -2.36. The van der Waals surface area contributed by atoms with E-state index < -0.39 is 0 Å². The minimum atomic E-state index is 0.120. The van der Waals surface area contributed by atoms with Gasteiger partial charge in [-0.2, -0.15) is 0 Å². The topological polar surface area (TPSA) is 38.0 Å². The van der Waals surface area contributed by atoms with Crippen molar-refractivity contribution in [2.75, 3.05) is 6.54 Å². The van der Waals surface area contributed by atoms with Crippen LogP contribution in [0.4, 0.5) is 0 Å². The lowest BCUT2D eigenvalue weighted by atomic mass is 9.99. The zero-order chi connectivity index (χ0) is 16.1. The van der Waals surface area contributed by atoms with Gasteiger partial charge in [0.15, 0.2) is 0 Å². The van der Waals surface area contributed by atoms with E-state index in [2.05, 4.69) is 79.0 Å². The van der Waals surface area contributed by atoms with Gasteiger partial charge in [0.25, 0.3) is 0 Å². The lowest BCUT2D eigenvalue weighted by molar-refractivity contribution is 0.516. The van der Waals surface area contributed by atoms with Crippen LogP contribution in [0.2, 0.25) is 0 Å². The van der Waals surface area contributed by atoms with Crippen LogP contribution in [-0.2, 0) is 6.42 Å². The minimum Gasteiger partial charge on any atom is -0.326 e. The van der Waals surface area contributed by atoms with Crippen molar-refractivity contribution in [1.82, 2.24) is 5.32 Å². The first-order valence-electron chi connectivity index (χ1n) is 8.24. The van der Waals surface area contributed by atoms with Crippen molar-refractivity contribution < 1.29 is 0 Å². The van der Waals surface area contributed by atoms with Crippen LogP contribution in [0.15, 0.2) is 72.8 Å². The zero-order valence-corrected chi connectivity index (χ0v) is 13.6. The Morgan fingerprint density at radius 2 is 1.57 bits per heavy atom. The summed E-state index contributed by atoms with van der Waals surface area (Å²) in [6.07, 6.45) is 0.899. The van der Waals surface area contributed by atoms with Crippen molar-refractivity contribution in [1.29, 1.82) is 0 Å². The lowest BCUT2D eigenvalue weighted by Gasteiger charge is -2.19. The standard InChI is InChI=1S/C21H24N2/c1-16(20-13-7-11-18-10-5-6-12-21(18)20)23-15-19(22)14-17-8-3-2-4-9-17/h2-13,16,19,23H,14-15,22H2,1H3. The molecule has 2 unspecified atom stereocenters. The summed E-state index contributed by atoms with van der Waals surface area (Å²) < 4.78 is 0. The summed E-state index contributed by atoms with van der Waals surface area (Å²) in [6, 6.07) is 25.8. The number of hydrogen-bond acceptors (Lipinski definition) is 2. The van der Waals surface area contributed by atoms with Crippen LogP contribution in [0.1, 0.15) is 24.1 Å². The summed E-state index contributed by atoms with van der Waals surface area (Å²) in [7, 11) is 0. The van der Waals surface area contributed by atoms with Crippen LogP contribution in [0.25, 0.3) is 10.8 Å². The highest BCUT2D eigenvalue weighted by atomic mass is 14.9. The highest BCUT2D eigenvalue weighted by molar-refractivity contribution is 5.86. The Kier molecular flexibility index (Phi) is 5.06. The van der Waals surface area contributed by atoms with E-state index in [-0.39, 0.29) is 12.1 Å². The number of fused-ring (bicyclic) bond motifs is 1. The third kappa shape index (κ3) is 3.98. The Balaban J connectivity index is 1.63. The van der Waals surface area contributed by atoms with Crippen molar-refractivity contribution in [3.05, 3.63) is 83.9 Å². The third-order valence-electron chi connectivity index (χ3n) is 4.32. The predicted octanol–water partition coefficient (Wildman–Crippen LogP) is 4.06. The minimum absolute atomic E-state index is 0.120. The second kappa shape index (κ2) is 7.40. The number of hydrogen-bond donors (Lipinski definition) is 2. The maximum Gasteiger partial charge on any atom is 0.0298 e. The van der Waals surface area contributed by atoms with Gasteiger partial charge < -0.3 is 11.1 Å². The molecular weight excluding hydrogens is 280 g/mol. The van der Waals surface area contributed by atoms with Gasteiger partial charge in [-0.15, -0.1) is 0 Å². The number of nitrogens with one attached hydrogen (secondary N) is 1. The zero-order valence-electron chi connectivity index (χ0n) is 13.6. The Hall–Kier alpha value is -2.16. The molecule has 0 spiro atoms. The molecule has 3 N–H and O–H groups in total. The van der Waals surface area contributed by atoms with E-state index in [1.165, 1.54) is 21.9 Å². The van der Waals surface area contributed by atoms with Gasteiger partial charge in [-0.1, -0.05) is 72.8 Å². The largest absolute Gasteiger partial charge is 0.326 e. The molecule has 2 heteroatoms. The third-order valence-corrected chi connectivity index (χ3v) is 4.32. The van der Waals surface area contributed by atoms with Crippen molar-refractivity contribution in [3.63, 3.8) is 0 Å². The number of benzene rings is 3. The summed E-state index contributed by atoms with van der Waals surface area (Å²) in [4.78, 5) is 0. The Morgan fingerprint density at radius 1 is 0.870 bits per heavy atom. The fourth-order valence-corrected chi connectivity index (χ4v) is 3.06. The van der Waals surface area contributed by atoms with Crippen LogP contribution in [0.3, 0.4) is 0 Å². The molecule has 0 radical (unpaired) electrons. The maximum absolute atomic E-state index is 6.28. The fraction of sp³-hybridized carbons (Fsp3) is 0.238. The number of rotatable bonds is 6. The molecular formula is C21H24N2. The second-order valence-electron chi connectivity index (χ2n) is 6.15. The summed E-state index contributed by atoms with van der Waals surface area (Å²) in [5.74, 6) is 0. The molecule has 0 aliphatic heterocycles. The van der Waals surface area contributed by atoms with E-state index in [4.69, 9.17) is 5.73 Å². The van der Waals surface area contributed by atoms with Gasteiger partial charge in [-0.3, -0.25) is 0 Å². The van der Waals surface area contributed by atoms with Crippen LogP contribution >= 0.6 is 0 Å². The van der Waals surface area contributed by atoms with Gasteiger partial charge in [-0.25, -0.2) is 0 Å². The van der Waals surface area contributed by atoms with Crippen LogP contribution in [-0.4, -0.2) is 12.6 Å². The summed E-state index contributed by atoms with van der Waals surface area (Å²) in [5, 5.41) is 6.18. The molecule has 0 fully saturated rings. The molecule has 2 nitrogen and oxygen atoms in total. The monoisotopic (exact) mass is 304 g/mol. The van der Waals surface area contributed by atoms with Crippen molar-refractivity contribution in [2.45, 2.75) is 25.4 Å². The molecule has 0 bridgehead atoms. The molecule has 3 aromatic carbocycles. The Morgan fingerprint density at radius 3 is 2.39 bits per heavy atom. The SMILES string of the molecule is CC(NCC(N)Cc1ccccc1)c1cccc2ccccc12. The van der Waals surface area contributed by atoms with Crippen LogP contribution < -0.4 is 11.1 Å². The predicted molar refractivity (Wildman–Crippen MR) is 98.5 cm³/mol. The quantitative estimate of drug-likeness (QED) is 0.720. The van der Waals surface area contributed by atoms with Gasteiger partial charge in [0.05, 0.1) is 0 Å². The maximum atomic E-state index is 6.28. The van der Waals surface area contributed by atoms with E-state index in [9.17, 15) is 0 Å². The van der Waals surface area contributed by atoms with Gasteiger partial charge in [0.1, 0.15) is 0 Å².